The smallest absolute Gasteiger partial charge is 0.159 e. The topological polar surface area (TPSA) is 32.3 Å². The van der Waals surface area contributed by atoms with E-state index in [1.54, 1.807) is 7.05 Å². The van der Waals surface area contributed by atoms with Gasteiger partial charge in [-0.1, -0.05) is 13.0 Å². The molecule has 0 bridgehead atoms. The van der Waals surface area contributed by atoms with Crippen LogP contribution < -0.4 is 5.32 Å². The lowest BCUT2D eigenvalue weighted by Crippen LogP contribution is -2.27. The molecule has 2 N–H and O–H groups in total. The molecule has 0 saturated carbocycles. The molecule has 0 amide bonds. The van der Waals surface area contributed by atoms with E-state index in [2.05, 4.69) is 5.32 Å². The van der Waals surface area contributed by atoms with Crippen molar-refractivity contribution in [2.45, 2.75) is 19.4 Å². The molecule has 1 aromatic carbocycles. The van der Waals surface area contributed by atoms with Crippen molar-refractivity contribution >= 4 is 0 Å². The van der Waals surface area contributed by atoms with Crippen LogP contribution in [0, 0.1) is 17.6 Å². The van der Waals surface area contributed by atoms with Gasteiger partial charge in [0, 0.05) is 18.6 Å². The third-order valence-electron chi connectivity index (χ3n) is 2.84. The van der Waals surface area contributed by atoms with Crippen molar-refractivity contribution < 1.29 is 13.9 Å². The minimum absolute atomic E-state index is 0.00476. The molecule has 16 heavy (non-hydrogen) atoms. The van der Waals surface area contributed by atoms with Crippen LogP contribution in [-0.4, -0.2) is 18.8 Å². The molecule has 90 valence electrons. The minimum Gasteiger partial charge on any atom is -0.396 e. The molecule has 0 aromatic heterocycles. The Bertz CT molecular complexity index is 340. The molecule has 0 aliphatic carbocycles. The first-order chi connectivity index (χ1) is 7.63. The highest BCUT2D eigenvalue weighted by molar-refractivity contribution is 5.22. The van der Waals surface area contributed by atoms with Gasteiger partial charge in [-0.25, -0.2) is 8.78 Å². The van der Waals surface area contributed by atoms with E-state index in [9.17, 15) is 13.9 Å². The molecule has 0 heterocycles. The summed E-state index contributed by atoms with van der Waals surface area (Å²) in [7, 11) is 1.74. The molecule has 2 unspecified atom stereocenters. The Morgan fingerprint density at radius 3 is 2.44 bits per heavy atom. The average Bonchev–Trinajstić information content (AvgIpc) is 2.29. The van der Waals surface area contributed by atoms with E-state index in [4.69, 9.17) is 0 Å². The summed E-state index contributed by atoms with van der Waals surface area (Å²) < 4.78 is 25.9. The summed E-state index contributed by atoms with van der Waals surface area (Å²) in [4.78, 5) is 0. The minimum atomic E-state index is -0.856. The maximum absolute atomic E-state index is 13.1. The SMILES string of the molecule is CCC(CO)C(NC)c1ccc(F)c(F)c1. The number of benzene rings is 1. The number of aliphatic hydroxyl groups is 1. The maximum atomic E-state index is 13.1. The Morgan fingerprint density at radius 1 is 1.31 bits per heavy atom. The molecule has 0 saturated heterocycles. The van der Waals surface area contributed by atoms with Gasteiger partial charge in [-0.2, -0.15) is 0 Å². The van der Waals surface area contributed by atoms with E-state index in [1.165, 1.54) is 12.1 Å². The quantitative estimate of drug-likeness (QED) is 0.811. The van der Waals surface area contributed by atoms with E-state index in [0.717, 1.165) is 12.5 Å². The molecule has 1 rings (SSSR count). The van der Waals surface area contributed by atoms with Crippen LogP contribution in [-0.2, 0) is 0 Å². The second kappa shape index (κ2) is 5.92. The molecule has 1 aromatic rings. The van der Waals surface area contributed by atoms with Crippen LogP contribution in [0.5, 0.6) is 0 Å². The largest absolute Gasteiger partial charge is 0.396 e. The van der Waals surface area contributed by atoms with Crippen molar-refractivity contribution in [3.8, 4) is 0 Å². The van der Waals surface area contributed by atoms with Crippen molar-refractivity contribution in [2.24, 2.45) is 5.92 Å². The predicted octanol–water partition coefficient (Wildman–Crippen LogP) is 2.24. The van der Waals surface area contributed by atoms with Gasteiger partial charge in [0.1, 0.15) is 0 Å². The summed E-state index contributed by atoms with van der Waals surface area (Å²) in [5.74, 6) is -1.71. The van der Waals surface area contributed by atoms with Crippen LogP contribution in [0.15, 0.2) is 18.2 Å². The van der Waals surface area contributed by atoms with E-state index in [-0.39, 0.29) is 18.6 Å². The van der Waals surface area contributed by atoms with Crippen LogP contribution in [0.1, 0.15) is 24.9 Å². The van der Waals surface area contributed by atoms with E-state index in [1.807, 2.05) is 6.92 Å². The lowest BCUT2D eigenvalue weighted by atomic mass is 9.91. The fourth-order valence-corrected chi connectivity index (χ4v) is 1.85. The Labute approximate surface area is 94.3 Å². The van der Waals surface area contributed by atoms with Gasteiger partial charge in [0.2, 0.25) is 0 Å². The normalized spacial score (nSPS) is 14.8. The molecule has 0 aliphatic rings. The van der Waals surface area contributed by atoms with Crippen molar-refractivity contribution in [1.82, 2.24) is 5.32 Å². The monoisotopic (exact) mass is 229 g/mol. The van der Waals surface area contributed by atoms with Crippen LogP contribution in [0.25, 0.3) is 0 Å². The molecular formula is C12H17F2NO. The molecule has 0 fully saturated rings. The Hall–Kier alpha value is -1.00. The first-order valence-electron chi connectivity index (χ1n) is 5.37. The van der Waals surface area contributed by atoms with Gasteiger partial charge in [-0.3, -0.25) is 0 Å². The zero-order valence-corrected chi connectivity index (χ0v) is 9.50. The van der Waals surface area contributed by atoms with Crippen molar-refractivity contribution in [1.29, 1.82) is 0 Å². The predicted molar refractivity (Wildman–Crippen MR) is 59.0 cm³/mol. The molecule has 2 atom stereocenters. The molecule has 2 nitrogen and oxygen atoms in total. The summed E-state index contributed by atoms with van der Waals surface area (Å²) in [5.41, 5.74) is 0.655. The molecular weight excluding hydrogens is 212 g/mol. The summed E-state index contributed by atoms with van der Waals surface area (Å²) in [6, 6.07) is 3.66. The third-order valence-corrected chi connectivity index (χ3v) is 2.84. The number of halogens is 2. The van der Waals surface area contributed by atoms with Gasteiger partial charge in [0.05, 0.1) is 0 Å². The number of rotatable bonds is 5. The summed E-state index contributed by atoms with van der Waals surface area (Å²) in [5, 5.41) is 12.2. The van der Waals surface area contributed by atoms with Crippen LogP contribution in [0.2, 0.25) is 0 Å². The average molecular weight is 229 g/mol. The number of hydrogen-bond acceptors (Lipinski definition) is 2. The Balaban J connectivity index is 2.98. The third kappa shape index (κ3) is 2.77. The fourth-order valence-electron chi connectivity index (χ4n) is 1.85. The van der Waals surface area contributed by atoms with E-state index in [0.29, 0.717) is 5.56 Å². The van der Waals surface area contributed by atoms with Gasteiger partial charge < -0.3 is 10.4 Å². The second-order valence-electron chi connectivity index (χ2n) is 3.79. The first kappa shape index (κ1) is 13.1. The highest BCUT2D eigenvalue weighted by Gasteiger charge is 2.20. The van der Waals surface area contributed by atoms with Crippen LogP contribution in [0.3, 0.4) is 0 Å². The Morgan fingerprint density at radius 2 is 2.00 bits per heavy atom. The van der Waals surface area contributed by atoms with Crippen LogP contribution >= 0.6 is 0 Å². The van der Waals surface area contributed by atoms with E-state index >= 15 is 0 Å². The molecule has 0 radical (unpaired) electrons. The zero-order chi connectivity index (χ0) is 12.1. The fraction of sp³-hybridized carbons (Fsp3) is 0.500. The molecule has 0 spiro atoms. The number of nitrogens with one attached hydrogen (secondary N) is 1. The van der Waals surface area contributed by atoms with Crippen LogP contribution in [0.4, 0.5) is 8.78 Å². The zero-order valence-electron chi connectivity index (χ0n) is 9.50. The van der Waals surface area contributed by atoms with Gasteiger partial charge in [0.15, 0.2) is 11.6 Å². The highest BCUT2D eigenvalue weighted by atomic mass is 19.2. The van der Waals surface area contributed by atoms with Crippen molar-refractivity contribution in [2.75, 3.05) is 13.7 Å². The highest BCUT2D eigenvalue weighted by Crippen LogP contribution is 2.25. The lowest BCUT2D eigenvalue weighted by molar-refractivity contribution is 0.189. The van der Waals surface area contributed by atoms with Gasteiger partial charge >= 0.3 is 0 Å². The maximum Gasteiger partial charge on any atom is 0.159 e. The summed E-state index contributed by atoms with van der Waals surface area (Å²) >= 11 is 0. The standard InChI is InChI=1S/C12H17F2NO/c1-3-8(7-16)12(15-2)9-4-5-10(13)11(14)6-9/h4-6,8,12,15-16H,3,7H2,1-2H3. The summed E-state index contributed by atoms with van der Waals surface area (Å²) in [6.07, 6.45) is 0.765. The number of aliphatic hydroxyl groups excluding tert-OH is 1. The Kier molecular flexibility index (Phi) is 4.83. The summed E-state index contributed by atoms with van der Waals surface area (Å²) in [6.45, 7) is 1.96. The molecule has 0 aliphatic heterocycles. The van der Waals surface area contributed by atoms with Gasteiger partial charge in [-0.05, 0) is 31.2 Å². The van der Waals surface area contributed by atoms with Gasteiger partial charge in [0.25, 0.3) is 0 Å². The molecule has 4 heteroatoms. The first-order valence-corrected chi connectivity index (χ1v) is 5.37. The van der Waals surface area contributed by atoms with Gasteiger partial charge in [-0.15, -0.1) is 0 Å². The number of hydrogen-bond donors (Lipinski definition) is 2. The van der Waals surface area contributed by atoms with Crippen molar-refractivity contribution in [3.63, 3.8) is 0 Å². The van der Waals surface area contributed by atoms with Crippen molar-refractivity contribution in [3.05, 3.63) is 35.4 Å². The second-order valence-corrected chi connectivity index (χ2v) is 3.79. The lowest BCUT2D eigenvalue weighted by Gasteiger charge is -2.24. The van der Waals surface area contributed by atoms with E-state index < -0.39 is 11.6 Å².